The van der Waals surface area contributed by atoms with E-state index in [9.17, 15) is 0 Å². The predicted molar refractivity (Wildman–Crippen MR) is 76.1 cm³/mol. The lowest BCUT2D eigenvalue weighted by Crippen LogP contribution is -1.85. The van der Waals surface area contributed by atoms with Crippen molar-refractivity contribution in [2.45, 2.75) is 4.90 Å². The van der Waals surface area contributed by atoms with E-state index >= 15 is 0 Å². The van der Waals surface area contributed by atoms with Crippen LogP contribution in [0.4, 0.5) is 0 Å². The van der Waals surface area contributed by atoms with Crippen LogP contribution in [-0.4, -0.2) is 11.2 Å². The lowest BCUT2D eigenvalue weighted by atomic mass is 10.1. The Morgan fingerprint density at radius 2 is 1.94 bits per heavy atom. The minimum absolute atomic E-state index is 0.592. The van der Waals surface area contributed by atoms with E-state index in [0.29, 0.717) is 11.3 Å². The molecule has 88 valence electrons. The summed E-state index contributed by atoms with van der Waals surface area (Å²) in [6.07, 6.45) is 7.58. The molecule has 0 atom stereocenters. The van der Waals surface area contributed by atoms with Crippen molar-refractivity contribution in [3.05, 3.63) is 59.4 Å². The number of hydrogen-bond donors (Lipinski definition) is 0. The van der Waals surface area contributed by atoms with Crippen LogP contribution in [0, 0.1) is 11.3 Å². The average Bonchev–Trinajstić information content (AvgIpc) is 2.46. The molecule has 0 bridgehead atoms. The molecule has 3 heteroatoms. The predicted octanol–water partition coefficient (Wildman–Crippen LogP) is 3.85. The molecule has 0 unspecified atom stereocenters. The van der Waals surface area contributed by atoms with Crippen LogP contribution in [-0.2, 0) is 0 Å². The maximum atomic E-state index is 8.96. The Morgan fingerprint density at radius 3 is 2.61 bits per heavy atom. The Labute approximate surface area is 111 Å². The Kier molecular flexibility index (Phi) is 4.16. The molecular formula is C15H12N2S. The van der Waals surface area contributed by atoms with Gasteiger partial charge in [-0.15, -0.1) is 11.8 Å². The van der Waals surface area contributed by atoms with E-state index in [2.05, 4.69) is 41.6 Å². The Bertz CT molecular complexity index is 595. The highest BCUT2D eigenvalue weighted by atomic mass is 32.2. The smallest absolute Gasteiger partial charge is 0.101 e. The summed E-state index contributed by atoms with van der Waals surface area (Å²) < 4.78 is 0. The summed E-state index contributed by atoms with van der Waals surface area (Å²) >= 11 is 1.72. The third kappa shape index (κ3) is 2.99. The van der Waals surface area contributed by atoms with Crippen molar-refractivity contribution in [2.75, 3.05) is 6.26 Å². The van der Waals surface area contributed by atoms with Crippen molar-refractivity contribution in [3.8, 4) is 6.07 Å². The summed E-state index contributed by atoms with van der Waals surface area (Å²) in [5.41, 5.74) is 2.39. The summed E-state index contributed by atoms with van der Waals surface area (Å²) in [7, 11) is 0. The molecule has 0 aliphatic heterocycles. The van der Waals surface area contributed by atoms with E-state index < -0.39 is 0 Å². The fourth-order valence-electron chi connectivity index (χ4n) is 1.54. The van der Waals surface area contributed by atoms with Gasteiger partial charge in [0, 0.05) is 11.1 Å². The first-order valence-electron chi connectivity index (χ1n) is 5.51. The number of aromatic nitrogens is 1. The van der Waals surface area contributed by atoms with Gasteiger partial charge in [0.1, 0.15) is 6.07 Å². The van der Waals surface area contributed by atoms with Gasteiger partial charge in [-0.25, -0.2) is 0 Å². The van der Waals surface area contributed by atoms with Gasteiger partial charge < -0.3 is 0 Å². The highest BCUT2D eigenvalue weighted by Gasteiger charge is 1.97. The van der Waals surface area contributed by atoms with Crippen LogP contribution in [0.15, 0.2) is 47.5 Å². The fraction of sp³-hybridized carbons (Fsp3) is 0.0667. The molecule has 0 fully saturated rings. The van der Waals surface area contributed by atoms with Crippen LogP contribution in [0.2, 0.25) is 0 Å². The second-order valence-electron chi connectivity index (χ2n) is 3.65. The standard InChI is InChI=1S/C15H12N2S/c1-18-14-7-4-12(5-8-14)6-9-15-13(11-16)3-2-10-17-15/h2-10H,1H3/b9-6+. The average molecular weight is 252 g/mol. The topological polar surface area (TPSA) is 36.7 Å². The SMILES string of the molecule is CSc1ccc(/C=C/c2ncccc2C#N)cc1. The van der Waals surface area contributed by atoms with E-state index in [1.54, 1.807) is 30.1 Å². The first-order chi connectivity index (χ1) is 8.83. The van der Waals surface area contributed by atoms with Crippen molar-refractivity contribution in [3.63, 3.8) is 0 Å². The van der Waals surface area contributed by atoms with Crippen LogP contribution in [0.1, 0.15) is 16.8 Å². The van der Waals surface area contributed by atoms with Gasteiger partial charge in [-0.2, -0.15) is 5.26 Å². The maximum Gasteiger partial charge on any atom is 0.101 e. The van der Waals surface area contributed by atoms with E-state index in [4.69, 9.17) is 5.26 Å². The van der Waals surface area contributed by atoms with Gasteiger partial charge in [-0.1, -0.05) is 18.2 Å². The first-order valence-corrected chi connectivity index (χ1v) is 6.73. The third-order valence-corrected chi connectivity index (χ3v) is 3.25. The summed E-state index contributed by atoms with van der Waals surface area (Å²) in [5.74, 6) is 0. The summed E-state index contributed by atoms with van der Waals surface area (Å²) in [6.45, 7) is 0. The molecule has 1 aromatic carbocycles. The zero-order valence-electron chi connectivity index (χ0n) is 10.00. The van der Waals surface area contributed by atoms with Gasteiger partial charge >= 0.3 is 0 Å². The second kappa shape index (κ2) is 6.04. The fourth-order valence-corrected chi connectivity index (χ4v) is 1.94. The van der Waals surface area contributed by atoms with Crippen molar-refractivity contribution < 1.29 is 0 Å². The molecule has 2 nitrogen and oxygen atoms in total. The molecule has 0 N–H and O–H groups in total. The number of nitrogens with zero attached hydrogens (tertiary/aromatic N) is 2. The van der Waals surface area contributed by atoms with Crippen LogP contribution in [0.25, 0.3) is 12.2 Å². The van der Waals surface area contributed by atoms with Crippen LogP contribution in [0.3, 0.4) is 0 Å². The van der Waals surface area contributed by atoms with Crippen molar-refractivity contribution in [1.29, 1.82) is 5.26 Å². The summed E-state index contributed by atoms with van der Waals surface area (Å²) in [5, 5.41) is 8.96. The molecule has 2 rings (SSSR count). The largest absolute Gasteiger partial charge is 0.256 e. The molecule has 0 spiro atoms. The van der Waals surface area contributed by atoms with E-state index in [-0.39, 0.29) is 0 Å². The minimum atomic E-state index is 0.592. The minimum Gasteiger partial charge on any atom is -0.256 e. The van der Waals surface area contributed by atoms with Gasteiger partial charge in [0.15, 0.2) is 0 Å². The van der Waals surface area contributed by atoms with Gasteiger partial charge in [0.05, 0.1) is 11.3 Å². The van der Waals surface area contributed by atoms with E-state index in [1.807, 2.05) is 12.2 Å². The Hall–Kier alpha value is -2.05. The highest BCUT2D eigenvalue weighted by Crippen LogP contribution is 2.16. The van der Waals surface area contributed by atoms with Crippen molar-refractivity contribution in [1.82, 2.24) is 4.98 Å². The Balaban J connectivity index is 2.22. The lowest BCUT2D eigenvalue weighted by Gasteiger charge is -1.98. The quantitative estimate of drug-likeness (QED) is 0.779. The van der Waals surface area contributed by atoms with Crippen LogP contribution >= 0.6 is 11.8 Å². The van der Waals surface area contributed by atoms with Gasteiger partial charge in [0.2, 0.25) is 0 Å². The Morgan fingerprint density at radius 1 is 1.17 bits per heavy atom. The van der Waals surface area contributed by atoms with Crippen molar-refractivity contribution >= 4 is 23.9 Å². The number of pyridine rings is 1. The summed E-state index contributed by atoms with van der Waals surface area (Å²) in [6, 6.07) is 13.9. The molecular weight excluding hydrogens is 240 g/mol. The number of hydrogen-bond acceptors (Lipinski definition) is 3. The maximum absolute atomic E-state index is 8.96. The van der Waals surface area contributed by atoms with Gasteiger partial charge in [0.25, 0.3) is 0 Å². The number of thioether (sulfide) groups is 1. The monoisotopic (exact) mass is 252 g/mol. The summed E-state index contributed by atoms with van der Waals surface area (Å²) in [4.78, 5) is 5.42. The number of nitriles is 1. The molecule has 0 amide bonds. The normalized spacial score (nSPS) is 10.4. The molecule has 0 radical (unpaired) electrons. The molecule has 1 aromatic heterocycles. The number of benzene rings is 1. The zero-order chi connectivity index (χ0) is 12.8. The zero-order valence-corrected chi connectivity index (χ0v) is 10.8. The van der Waals surface area contributed by atoms with E-state index in [0.717, 1.165) is 5.56 Å². The molecule has 2 aromatic rings. The van der Waals surface area contributed by atoms with Gasteiger partial charge in [-0.05, 0) is 42.2 Å². The van der Waals surface area contributed by atoms with E-state index in [1.165, 1.54) is 4.90 Å². The lowest BCUT2D eigenvalue weighted by molar-refractivity contribution is 1.27. The highest BCUT2D eigenvalue weighted by molar-refractivity contribution is 7.98. The van der Waals surface area contributed by atoms with Crippen molar-refractivity contribution in [2.24, 2.45) is 0 Å². The van der Waals surface area contributed by atoms with Crippen LogP contribution < -0.4 is 0 Å². The second-order valence-corrected chi connectivity index (χ2v) is 4.53. The molecule has 18 heavy (non-hydrogen) atoms. The molecule has 0 aliphatic rings. The molecule has 0 aliphatic carbocycles. The van der Waals surface area contributed by atoms with Gasteiger partial charge in [-0.3, -0.25) is 4.98 Å². The molecule has 0 saturated carbocycles. The third-order valence-electron chi connectivity index (χ3n) is 2.51. The number of rotatable bonds is 3. The molecule has 0 saturated heterocycles. The first kappa shape index (κ1) is 12.4. The van der Waals surface area contributed by atoms with Crippen LogP contribution in [0.5, 0.6) is 0 Å². The molecule has 1 heterocycles.